The number of urea groups is 1. The average molecular weight is 475 g/mol. The number of benzene rings is 2. The summed E-state index contributed by atoms with van der Waals surface area (Å²) in [6, 6.07) is 14.6. The summed E-state index contributed by atoms with van der Waals surface area (Å²) in [4.78, 5) is 14.9. The van der Waals surface area contributed by atoms with E-state index < -0.39 is 10.0 Å². The summed E-state index contributed by atoms with van der Waals surface area (Å²) >= 11 is 0. The molecule has 1 aliphatic heterocycles. The van der Waals surface area contributed by atoms with Gasteiger partial charge < -0.3 is 20.3 Å². The third-order valence-corrected chi connectivity index (χ3v) is 8.05. The van der Waals surface area contributed by atoms with E-state index in [1.54, 1.807) is 31.4 Å². The second-order valence-electron chi connectivity index (χ2n) is 8.02. The van der Waals surface area contributed by atoms with Crippen LogP contribution in [0.15, 0.2) is 53.4 Å². The van der Waals surface area contributed by atoms with Crippen molar-refractivity contribution in [2.24, 2.45) is 0 Å². The van der Waals surface area contributed by atoms with Crippen molar-refractivity contribution in [2.75, 3.05) is 38.2 Å². The first kappa shape index (κ1) is 24.9. The lowest BCUT2D eigenvalue weighted by molar-refractivity contribution is 0.234. The molecule has 0 atom stereocenters. The van der Waals surface area contributed by atoms with Crippen LogP contribution in [-0.4, -0.2) is 58.1 Å². The quantitative estimate of drug-likeness (QED) is 0.583. The SMILES string of the molecule is CCN(CC)S(=O)(=O)c1ccc(CNC(=O)NC2CCN(c3ccc(OC)cc3)CC2)cc1. The van der Waals surface area contributed by atoms with Gasteiger partial charge in [-0.3, -0.25) is 0 Å². The number of hydrogen-bond donors (Lipinski definition) is 2. The number of nitrogens with one attached hydrogen (secondary N) is 2. The van der Waals surface area contributed by atoms with E-state index in [4.69, 9.17) is 4.74 Å². The summed E-state index contributed by atoms with van der Waals surface area (Å²) in [6.07, 6.45) is 1.74. The van der Waals surface area contributed by atoms with Crippen molar-refractivity contribution < 1.29 is 17.9 Å². The van der Waals surface area contributed by atoms with Crippen LogP contribution in [0.4, 0.5) is 10.5 Å². The third-order valence-electron chi connectivity index (χ3n) is 5.99. The number of sulfonamides is 1. The van der Waals surface area contributed by atoms with Crippen LogP contribution in [0, 0.1) is 0 Å². The highest BCUT2D eigenvalue weighted by Crippen LogP contribution is 2.23. The van der Waals surface area contributed by atoms with Gasteiger partial charge in [-0.2, -0.15) is 4.31 Å². The molecular weight excluding hydrogens is 440 g/mol. The summed E-state index contributed by atoms with van der Waals surface area (Å²) in [5.74, 6) is 0.840. The lowest BCUT2D eigenvalue weighted by atomic mass is 10.0. The van der Waals surface area contributed by atoms with Crippen molar-refractivity contribution in [2.45, 2.75) is 44.2 Å². The van der Waals surface area contributed by atoms with Gasteiger partial charge in [-0.1, -0.05) is 26.0 Å². The van der Waals surface area contributed by atoms with Gasteiger partial charge in [-0.05, 0) is 54.8 Å². The van der Waals surface area contributed by atoms with E-state index in [-0.39, 0.29) is 17.0 Å². The zero-order valence-electron chi connectivity index (χ0n) is 19.6. The fraction of sp³-hybridized carbons (Fsp3) is 0.458. The predicted octanol–water partition coefficient (Wildman–Crippen LogP) is 3.19. The number of nitrogens with zero attached hydrogens (tertiary/aromatic N) is 2. The van der Waals surface area contributed by atoms with E-state index in [1.165, 1.54) is 4.31 Å². The molecule has 0 bridgehead atoms. The molecule has 1 heterocycles. The Labute approximate surface area is 197 Å². The smallest absolute Gasteiger partial charge is 0.315 e. The van der Waals surface area contributed by atoms with Gasteiger partial charge in [-0.15, -0.1) is 0 Å². The Hall–Kier alpha value is -2.78. The lowest BCUT2D eigenvalue weighted by Crippen LogP contribution is -2.47. The predicted molar refractivity (Wildman–Crippen MR) is 130 cm³/mol. The van der Waals surface area contributed by atoms with Gasteiger partial charge in [0.15, 0.2) is 0 Å². The molecular formula is C24H34N4O4S. The molecule has 1 fully saturated rings. The fourth-order valence-corrected chi connectivity index (χ4v) is 5.44. The summed E-state index contributed by atoms with van der Waals surface area (Å²) < 4.78 is 31.8. The lowest BCUT2D eigenvalue weighted by Gasteiger charge is -2.34. The van der Waals surface area contributed by atoms with Gasteiger partial charge >= 0.3 is 6.03 Å². The third kappa shape index (κ3) is 6.39. The standard InChI is InChI=1S/C24H34N4O4S/c1-4-28(5-2)33(30,31)23-12-6-19(7-13-23)18-25-24(29)26-20-14-16-27(17-15-20)21-8-10-22(32-3)11-9-21/h6-13,20H,4-5,14-18H2,1-3H3,(H2,25,26,29). The minimum atomic E-state index is -3.47. The Morgan fingerprint density at radius 2 is 1.64 bits per heavy atom. The molecule has 0 saturated carbocycles. The normalized spacial score (nSPS) is 14.8. The highest BCUT2D eigenvalue weighted by molar-refractivity contribution is 7.89. The maximum Gasteiger partial charge on any atom is 0.315 e. The first-order valence-electron chi connectivity index (χ1n) is 11.4. The maximum absolute atomic E-state index is 12.6. The van der Waals surface area contributed by atoms with Crippen LogP contribution in [0.5, 0.6) is 5.75 Å². The topological polar surface area (TPSA) is 91.0 Å². The van der Waals surface area contributed by atoms with Gasteiger partial charge in [0.05, 0.1) is 12.0 Å². The van der Waals surface area contributed by atoms with Crippen LogP contribution in [0.3, 0.4) is 0 Å². The number of methoxy groups -OCH3 is 1. The van der Waals surface area contributed by atoms with E-state index in [1.807, 2.05) is 26.0 Å². The summed E-state index contributed by atoms with van der Waals surface area (Å²) in [7, 11) is -1.82. The fourth-order valence-electron chi connectivity index (χ4n) is 3.99. The minimum Gasteiger partial charge on any atom is -0.497 e. The van der Waals surface area contributed by atoms with E-state index in [2.05, 4.69) is 27.7 Å². The average Bonchev–Trinajstić information content (AvgIpc) is 2.84. The number of piperidine rings is 1. The molecule has 0 radical (unpaired) electrons. The molecule has 2 aromatic rings. The van der Waals surface area contributed by atoms with Crippen LogP contribution in [-0.2, 0) is 16.6 Å². The Morgan fingerprint density at radius 3 is 2.18 bits per heavy atom. The van der Waals surface area contributed by atoms with Crippen LogP contribution >= 0.6 is 0 Å². The maximum atomic E-state index is 12.6. The van der Waals surface area contributed by atoms with Gasteiger partial charge in [0.25, 0.3) is 0 Å². The van der Waals surface area contributed by atoms with Crippen molar-refractivity contribution in [3.8, 4) is 5.75 Å². The molecule has 2 amide bonds. The molecule has 9 heteroatoms. The largest absolute Gasteiger partial charge is 0.497 e. The monoisotopic (exact) mass is 474 g/mol. The van der Waals surface area contributed by atoms with E-state index >= 15 is 0 Å². The summed E-state index contributed by atoms with van der Waals surface area (Å²) in [6.45, 7) is 6.59. The number of amides is 2. The molecule has 0 spiro atoms. The molecule has 3 rings (SSSR count). The van der Waals surface area contributed by atoms with Gasteiger partial charge in [0.2, 0.25) is 10.0 Å². The number of carbonyl (C=O) groups excluding carboxylic acids is 1. The van der Waals surface area contributed by atoms with E-state index in [0.29, 0.717) is 19.6 Å². The highest BCUT2D eigenvalue weighted by atomic mass is 32.2. The first-order chi connectivity index (χ1) is 15.9. The number of carbonyl (C=O) groups is 1. The van der Waals surface area contributed by atoms with Gasteiger partial charge in [-0.25, -0.2) is 13.2 Å². The molecule has 2 aromatic carbocycles. The number of hydrogen-bond acceptors (Lipinski definition) is 5. The first-order valence-corrected chi connectivity index (χ1v) is 12.8. The van der Waals surface area contributed by atoms with Gasteiger partial charge in [0, 0.05) is 44.5 Å². The van der Waals surface area contributed by atoms with Crippen molar-refractivity contribution >= 4 is 21.7 Å². The molecule has 1 saturated heterocycles. The molecule has 1 aliphatic rings. The zero-order valence-corrected chi connectivity index (χ0v) is 20.4. The Morgan fingerprint density at radius 1 is 1.03 bits per heavy atom. The molecule has 33 heavy (non-hydrogen) atoms. The van der Waals surface area contributed by atoms with Crippen LogP contribution in [0.2, 0.25) is 0 Å². The molecule has 8 nitrogen and oxygen atoms in total. The summed E-state index contributed by atoms with van der Waals surface area (Å²) in [5, 5.41) is 5.91. The second-order valence-corrected chi connectivity index (χ2v) is 9.96. The van der Waals surface area contributed by atoms with Crippen molar-refractivity contribution in [1.29, 1.82) is 0 Å². The number of ether oxygens (including phenoxy) is 1. The Kier molecular flexibility index (Phi) is 8.57. The van der Waals surface area contributed by atoms with Crippen LogP contribution < -0.4 is 20.3 Å². The highest BCUT2D eigenvalue weighted by Gasteiger charge is 2.22. The van der Waals surface area contributed by atoms with Crippen LogP contribution in [0.1, 0.15) is 32.3 Å². The Bertz CT molecular complexity index is 998. The summed E-state index contributed by atoms with van der Waals surface area (Å²) in [5.41, 5.74) is 2.00. The van der Waals surface area contributed by atoms with Crippen LogP contribution in [0.25, 0.3) is 0 Å². The molecule has 0 aliphatic carbocycles. The van der Waals surface area contributed by atoms with Crippen molar-refractivity contribution in [3.05, 3.63) is 54.1 Å². The number of anilines is 1. The second kappa shape index (κ2) is 11.4. The van der Waals surface area contributed by atoms with Crippen molar-refractivity contribution in [3.63, 3.8) is 0 Å². The molecule has 0 aromatic heterocycles. The zero-order chi connectivity index (χ0) is 23.8. The molecule has 2 N–H and O–H groups in total. The minimum absolute atomic E-state index is 0.126. The molecule has 0 unspecified atom stereocenters. The van der Waals surface area contributed by atoms with E-state index in [0.717, 1.165) is 42.9 Å². The Balaban J connectivity index is 1.44. The number of rotatable bonds is 9. The van der Waals surface area contributed by atoms with Gasteiger partial charge in [0.1, 0.15) is 5.75 Å². The molecule has 180 valence electrons. The van der Waals surface area contributed by atoms with E-state index in [9.17, 15) is 13.2 Å². The van der Waals surface area contributed by atoms with Crippen molar-refractivity contribution in [1.82, 2.24) is 14.9 Å².